The molecule has 0 aliphatic carbocycles. The van der Waals surface area contributed by atoms with Crippen LogP contribution in [0.15, 0.2) is 24.3 Å². The predicted octanol–water partition coefficient (Wildman–Crippen LogP) is 1.35. The van der Waals surface area contributed by atoms with Crippen LogP contribution in [0.1, 0.15) is 0 Å². The van der Waals surface area contributed by atoms with E-state index >= 15 is 0 Å². The number of fused-ring (bicyclic) bond motifs is 1. The first kappa shape index (κ1) is 12.8. The number of methoxy groups -OCH3 is 1. The number of anilines is 1. The minimum absolute atomic E-state index is 0.0394. The molecule has 2 atom stereocenters. The van der Waals surface area contributed by atoms with Crippen LogP contribution in [0.25, 0.3) is 0 Å². The van der Waals surface area contributed by atoms with Crippen molar-refractivity contribution in [3.63, 3.8) is 0 Å². The van der Waals surface area contributed by atoms with Gasteiger partial charge in [0.1, 0.15) is 5.75 Å². The lowest BCUT2D eigenvalue weighted by atomic mass is 10.2. The molecule has 0 saturated carbocycles. The number of nitrogens with one attached hydrogen (secondary N) is 1. The molecule has 0 amide bonds. The van der Waals surface area contributed by atoms with Crippen LogP contribution in [0.5, 0.6) is 5.75 Å². The van der Waals surface area contributed by atoms with Crippen LogP contribution in [0.2, 0.25) is 0 Å². The van der Waals surface area contributed by atoms with Crippen molar-refractivity contribution in [1.29, 1.82) is 5.41 Å². The van der Waals surface area contributed by atoms with E-state index in [-0.39, 0.29) is 22.8 Å². The number of amidine groups is 1. The van der Waals surface area contributed by atoms with E-state index in [0.29, 0.717) is 10.9 Å². The molecule has 2 fully saturated rings. The molecular weight excluding hydrogens is 284 g/mol. The number of hydrogen-bond acceptors (Lipinski definition) is 5. The Hall–Kier alpha value is -1.21. The lowest BCUT2D eigenvalue weighted by molar-refractivity contribution is 0.415. The van der Waals surface area contributed by atoms with Crippen LogP contribution in [-0.4, -0.2) is 43.5 Å². The van der Waals surface area contributed by atoms with Gasteiger partial charge in [0.2, 0.25) is 0 Å². The number of para-hydroxylation sites is 2. The van der Waals surface area contributed by atoms with Crippen molar-refractivity contribution in [3.05, 3.63) is 24.3 Å². The first-order valence-corrected chi connectivity index (χ1v) is 8.60. The van der Waals surface area contributed by atoms with Crippen molar-refractivity contribution in [2.75, 3.05) is 23.5 Å². The molecule has 2 saturated heterocycles. The Morgan fingerprint density at radius 3 is 2.84 bits per heavy atom. The van der Waals surface area contributed by atoms with Crippen molar-refractivity contribution in [3.8, 4) is 5.75 Å². The van der Waals surface area contributed by atoms with Gasteiger partial charge in [-0.1, -0.05) is 23.9 Å². The first-order chi connectivity index (χ1) is 9.02. The molecule has 19 heavy (non-hydrogen) atoms. The Morgan fingerprint density at radius 2 is 2.11 bits per heavy atom. The molecule has 1 aromatic carbocycles. The smallest absolute Gasteiger partial charge is 0.161 e. The van der Waals surface area contributed by atoms with Gasteiger partial charge in [0.05, 0.1) is 30.3 Å². The first-order valence-electron chi connectivity index (χ1n) is 5.90. The maximum absolute atomic E-state index is 11.7. The maximum Gasteiger partial charge on any atom is 0.161 e. The average Bonchev–Trinajstić information content (AvgIpc) is 2.79. The second kappa shape index (κ2) is 4.42. The number of hydrogen-bond donors (Lipinski definition) is 1. The van der Waals surface area contributed by atoms with E-state index in [9.17, 15) is 8.42 Å². The zero-order chi connectivity index (χ0) is 13.6. The van der Waals surface area contributed by atoms with Gasteiger partial charge in [0.15, 0.2) is 15.0 Å². The number of rotatable bonds is 2. The molecule has 2 aliphatic rings. The summed E-state index contributed by atoms with van der Waals surface area (Å²) in [7, 11) is -1.41. The number of benzene rings is 1. The third-order valence-electron chi connectivity index (χ3n) is 3.43. The summed E-state index contributed by atoms with van der Waals surface area (Å²) in [5.74, 6) is 0.944. The molecule has 0 radical (unpaired) electrons. The Bertz CT molecular complexity index is 630. The molecule has 3 rings (SSSR count). The predicted molar refractivity (Wildman–Crippen MR) is 77.0 cm³/mol. The SMILES string of the molecule is COc1ccccc1N1C(=N)S[C@H]2CS(=O)(=O)C[C@@H]21. The van der Waals surface area contributed by atoms with Gasteiger partial charge in [-0.05, 0) is 12.1 Å². The van der Waals surface area contributed by atoms with Gasteiger partial charge < -0.3 is 9.64 Å². The van der Waals surface area contributed by atoms with Crippen LogP contribution in [-0.2, 0) is 9.84 Å². The van der Waals surface area contributed by atoms with E-state index in [1.54, 1.807) is 12.0 Å². The summed E-state index contributed by atoms with van der Waals surface area (Å²) in [4.78, 5) is 1.79. The molecule has 0 spiro atoms. The Labute approximate surface area is 116 Å². The standard InChI is InChI=1S/C12H14N2O3S2/c1-17-10-5-3-2-4-8(10)14-9-6-19(15,16)7-11(9)18-12(14)13/h2-5,9,11,13H,6-7H2,1H3/t9-,11-/m0/s1. The van der Waals surface area contributed by atoms with Crippen molar-refractivity contribution in [2.24, 2.45) is 0 Å². The third kappa shape index (κ3) is 2.10. The molecule has 1 N–H and O–H groups in total. The van der Waals surface area contributed by atoms with Gasteiger partial charge in [0.25, 0.3) is 0 Å². The Kier molecular flexibility index (Phi) is 2.98. The van der Waals surface area contributed by atoms with Crippen LogP contribution in [0, 0.1) is 5.41 Å². The highest BCUT2D eigenvalue weighted by molar-refractivity contribution is 8.15. The minimum atomic E-state index is -2.99. The second-order valence-corrected chi connectivity index (χ2v) is 8.03. The summed E-state index contributed by atoms with van der Waals surface area (Å²) in [5.41, 5.74) is 0.770. The van der Waals surface area contributed by atoms with Gasteiger partial charge >= 0.3 is 0 Å². The molecule has 0 aromatic heterocycles. The second-order valence-electron chi connectivity index (χ2n) is 4.65. The van der Waals surface area contributed by atoms with Crippen LogP contribution in [0.4, 0.5) is 5.69 Å². The average molecular weight is 298 g/mol. The number of nitrogens with zero attached hydrogens (tertiary/aromatic N) is 1. The van der Waals surface area contributed by atoms with E-state index in [1.165, 1.54) is 11.8 Å². The van der Waals surface area contributed by atoms with Crippen molar-refractivity contribution < 1.29 is 13.2 Å². The molecule has 0 unspecified atom stereocenters. The summed E-state index contributed by atoms with van der Waals surface area (Å²) in [6.45, 7) is 0. The third-order valence-corrected chi connectivity index (χ3v) is 6.56. The van der Waals surface area contributed by atoms with E-state index in [0.717, 1.165) is 5.69 Å². The van der Waals surface area contributed by atoms with Gasteiger partial charge in [-0.25, -0.2) is 8.42 Å². The number of ether oxygens (including phenoxy) is 1. The van der Waals surface area contributed by atoms with Crippen LogP contribution < -0.4 is 9.64 Å². The van der Waals surface area contributed by atoms with Gasteiger partial charge in [0, 0.05) is 5.25 Å². The van der Waals surface area contributed by atoms with Gasteiger partial charge in [-0.3, -0.25) is 5.41 Å². The van der Waals surface area contributed by atoms with Gasteiger partial charge in [-0.15, -0.1) is 0 Å². The fourth-order valence-corrected chi connectivity index (χ4v) is 6.40. The normalized spacial score (nSPS) is 28.5. The Morgan fingerprint density at radius 1 is 1.37 bits per heavy atom. The monoisotopic (exact) mass is 298 g/mol. The van der Waals surface area contributed by atoms with E-state index in [2.05, 4.69) is 0 Å². The summed E-state index contributed by atoms with van der Waals surface area (Å²) < 4.78 is 28.8. The lowest BCUT2D eigenvalue weighted by Crippen LogP contribution is -2.37. The van der Waals surface area contributed by atoms with E-state index in [4.69, 9.17) is 10.1 Å². The zero-order valence-corrected chi connectivity index (χ0v) is 12.0. The zero-order valence-electron chi connectivity index (χ0n) is 10.4. The highest BCUT2D eigenvalue weighted by atomic mass is 32.2. The maximum atomic E-state index is 11.7. The fraction of sp³-hybridized carbons (Fsp3) is 0.417. The van der Waals surface area contributed by atoms with Crippen molar-refractivity contribution in [1.82, 2.24) is 0 Å². The molecule has 7 heteroatoms. The van der Waals surface area contributed by atoms with E-state index < -0.39 is 9.84 Å². The lowest BCUT2D eigenvalue weighted by Gasteiger charge is -2.25. The quantitative estimate of drug-likeness (QED) is 0.892. The molecule has 5 nitrogen and oxygen atoms in total. The fourth-order valence-electron chi connectivity index (χ4n) is 2.62. The molecule has 102 valence electrons. The molecule has 1 aromatic rings. The number of sulfone groups is 1. The topological polar surface area (TPSA) is 70.5 Å². The number of thioether (sulfide) groups is 1. The van der Waals surface area contributed by atoms with Crippen molar-refractivity contribution >= 4 is 32.5 Å². The summed E-state index contributed by atoms with van der Waals surface area (Å²) >= 11 is 1.34. The summed E-state index contributed by atoms with van der Waals surface area (Å²) in [5, 5.41) is 8.44. The largest absolute Gasteiger partial charge is 0.495 e. The summed E-state index contributed by atoms with van der Waals surface area (Å²) in [6.07, 6.45) is 0. The van der Waals surface area contributed by atoms with Crippen molar-refractivity contribution in [2.45, 2.75) is 11.3 Å². The minimum Gasteiger partial charge on any atom is -0.495 e. The molecule has 2 aliphatic heterocycles. The highest BCUT2D eigenvalue weighted by Crippen LogP contribution is 2.42. The molecule has 0 bridgehead atoms. The van der Waals surface area contributed by atoms with E-state index in [1.807, 2.05) is 24.3 Å². The van der Waals surface area contributed by atoms with Crippen LogP contribution in [0.3, 0.4) is 0 Å². The summed E-state index contributed by atoms with van der Waals surface area (Å²) in [6, 6.07) is 7.26. The van der Waals surface area contributed by atoms with Gasteiger partial charge in [-0.2, -0.15) is 0 Å². The Balaban J connectivity index is 2.02. The highest BCUT2D eigenvalue weighted by Gasteiger charge is 2.49. The molecular formula is C12H14N2O3S2. The van der Waals surface area contributed by atoms with Crippen LogP contribution >= 0.6 is 11.8 Å². The molecule has 2 heterocycles.